The van der Waals surface area contributed by atoms with E-state index in [1.165, 1.54) is 16.8 Å². The molecule has 1 aromatic heterocycles. The van der Waals surface area contributed by atoms with Gasteiger partial charge in [0.25, 0.3) is 0 Å². The highest BCUT2D eigenvalue weighted by molar-refractivity contribution is 14.1. The van der Waals surface area contributed by atoms with Gasteiger partial charge >= 0.3 is 5.97 Å². The number of halogens is 2. The van der Waals surface area contributed by atoms with Gasteiger partial charge in [0.2, 0.25) is 0 Å². The van der Waals surface area contributed by atoms with Crippen molar-refractivity contribution in [3.63, 3.8) is 0 Å². The standard InChI is InChI=1S/C10H6BrIN2O2S/c11-6-2-1-5(3-7(6)12)14-9-8(10(15)16)13-4-17-9/h1-4,14H,(H,15,16). The Hall–Kier alpha value is -0.670. The average molecular weight is 425 g/mol. The molecule has 0 aliphatic heterocycles. The number of aromatic carboxylic acids is 1. The van der Waals surface area contributed by atoms with Crippen molar-refractivity contribution in [3.8, 4) is 0 Å². The van der Waals surface area contributed by atoms with Crippen molar-refractivity contribution in [1.82, 2.24) is 4.98 Å². The predicted octanol–water partition coefficient (Wildman–Crippen LogP) is 3.95. The lowest BCUT2D eigenvalue weighted by molar-refractivity contribution is 0.0692. The third-order valence-electron chi connectivity index (χ3n) is 1.95. The zero-order chi connectivity index (χ0) is 12.4. The van der Waals surface area contributed by atoms with Crippen LogP contribution in [0.4, 0.5) is 10.7 Å². The predicted molar refractivity (Wildman–Crippen MR) is 79.2 cm³/mol. The first-order valence-electron chi connectivity index (χ1n) is 4.47. The van der Waals surface area contributed by atoms with Crippen molar-refractivity contribution in [3.05, 3.63) is 37.4 Å². The van der Waals surface area contributed by atoms with E-state index in [1.54, 1.807) is 0 Å². The molecule has 1 heterocycles. The van der Waals surface area contributed by atoms with Crippen LogP contribution in [0.2, 0.25) is 0 Å². The monoisotopic (exact) mass is 424 g/mol. The van der Waals surface area contributed by atoms with E-state index in [0.717, 1.165) is 13.7 Å². The first-order valence-corrected chi connectivity index (χ1v) is 7.22. The minimum absolute atomic E-state index is 0.0490. The number of rotatable bonds is 3. The van der Waals surface area contributed by atoms with E-state index >= 15 is 0 Å². The molecule has 2 aromatic rings. The summed E-state index contributed by atoms with van der Waals surface area (Å²) in [5.74, 6) is -1.03. The topological polar surface area (TPSA) is 62.2 Å². The number of thiazole rings is 1. The molecule has 0 fully saturated rings. The number of hydrogen-bond donors (Lipinski definition) is 2. The Morgan fingerprint density at radius 3 is 2.94 bits per heavy atom. The van der Waals surface area contributed by atoms with Crippen LogP contribution in [-0.2, 0) is 0 Å². The molecule has 2 rings (SSSR count). The van der Waals surface area contributed by atoms with Gasteiger partial charge in [0.15, 0.2) is 5.69 Å². The van der Waals surface area contributed by atoms with E-state index in [1.807, 2.05) is 18.2 Å². The van der Waals surface area contributed by atoms with Crippen molar-refractivity contribution in [2.24, 2.45) is 0 Å². The van der Waals surface area contributed by atoms with Crippen LogP contribution in [0.1, 0.15) is 10.5 Å². The third-order valence-corrected chi connectivity index (χ3v) is 5.01. The smallest absolute Gasteiger partial charge is 0.357 e. The minimum atomic E-state index is -1.03. The Morgan fingerprint density at radius 2 is 2.29 bits per heavy atom. The molecule has 2 N–H and O–H groups in total. The van der Waals surface area contributed by atoms with Crippen LogP contribution in [0.3, 0.4) is 0 Å². The Labute approximate surface area is 123 Å². The molecule has 0 saturated heterocycles. The van der Waals surface area contributed by atoms with E-state index in [0.29, 0.717) is 5.00 Å². The number of benzene rings is 1. The molecule has 1 aromatic carbocycles. The second-order valence-corrected chi connectivity index (χ2v) is 5.96. The molecular weight excluding hydrogens is 419 g/mol. The molecular formula is C10H6BrIN2O2S. The molecule has 0 spiro atoms. The molecule has 17 heavy (non-hydrogen) atoms. The van der Waals surface area contributed by atoms with E-state index < -0.39 is 5.97 Å². The zero-order valence-corrected chi connectivity index (χ0v) is 12.8. The molecule has 0 amide bonds. The highest BCUT2D eigenvalue weighted by Crippen LogP contribution is 2.28. The lowest BCUT2D eigenvalue weighted by Gasteiger charge is -2.05. The summed E-state index contributed by atoms with van der Waals surface area (Å²) in [5, 5.41) is 12.5. The van der Waals surface area contributed by atoms with E-state index in [-0.39, 0.29) is 5.69 Å². The number of anilines is 2. The summed E-state index contributed by atoms with van der Waals surface area (Å²) in [6.45, 7) is 0. The van der Waals surface area contributed by atoms with Crippen molar-refractivity contribution in [2.75, 3.05) is 5.32 Å². The maximum Gasteiger partial charge on any atom is 0.357 e. The van der Waals surface area contributed by atoms with Crippen molar-refractivity contribution in [2.45, 2.75) is 0 Å². The Kier molecular flexibility index (Phi) is 4.00. The molecule has 0 unspecified atom stereocenters. The van der Waals surface area contributed by atoms with Gasteiger partial charge in [0, 0.05) is 13.7 Å². The fraction of sp³-hybridized carbons (Fsp3) is 0. The molecule has 7 heteroatoms. The number of carbonyl (C=O) groups is 1. The van der Waals surface area contributed by atoms with Gasteiger partial charge in [-0.3, -0.25) is 0 Å². The molecule has 0 atom stereocenters. The molecule has 4 nitrogen and oxygen atoms in total. The number of nitrogens with one attached hydrogen (secondary N) is 1. The van der Waals surface area contributed by atoms with Gasteiger partial charge in [0.1, 0.15) is 5.00 Å². The van der Waals surface area contributed by atoms with Crippen LogP contribution in [-0.4, -0.2) is 16.1 Å². The molecule has 0 bridgehead atoms. The van der Waals surface area contributed by atoms with Crippen LogP contribution >= 0.6 is 49.9 Å². The number of carboxylic acid groups (broad SMARTS) is 1. The zero-order valence-electron chi connectivity index (χ0n) is 8.28. The molecule has 0 aliphatic rings. The Balaban J connectivity index is 2.28. The number of carboxylic acids is 1. The first kappa shape index (κ1) is 12.8. The molecule has 0 aliphatic carbocycles. The largest absolute Gasteiger partial charge is 0.476 e. The second-order valence-electron chi connectivity index (χ2n) is 3.09. The summed E-state index contributed by atoms with van der Waals surface area (Å²) in [6, 6.07) is 5.71. The van der Waals surface area contributed by atoms with Crippen LogP contribution in [0, 0.1) is 3.57 Å². The average Bonchev–Trinajstić information content (AvgIpc) is 2.72. The lowest BCUT2D eigenvalue weighted by atomic mass is 10.3. The summed E-state index contributed by atoms with van der Waals surface area (Å²) in [6.07, 6.45) is 0. The highest BCUT2D eigenvalue weighted by Gasteiger charge is 2.13. The summed E-state index contributed by atoms with van der Waals surface area (Å²) in [5.41, 5.74) is 2.40. The summed E-state index contributed by atoms with van der Waals surface area (Å²) in [7, 11) is 0. The van der Waals surface area contributed by atoms with Gasteiger partial charge in [-0.05, 0) is 56.7 Å². The van der Waals surface area contributed by atoms with Gasteiger partial charge in [0.05, 0.1) is 5.51 Å². The van der Waals surface area contributed by atoms with E-state index in [2.05, 4.69) is 48.8 Å². The second kappa shape index (κ2) is 5.32. The summed E-state index contributed by atoms with van der Waals surface area (Å²) < 4.78 is 2.06. The van der Waals surface area contributed by atoms with E-state index in [9.17, 15) is 4.79 Å². The van der Waals surface area contributed by atoms with Crippen molar-refractivity contribution < 1.29 is 9.90 Å². The molecule has 0 radical (unpaired) electrons. The fourth-order valence-electron chi connectivity index (χ4n) is 1.19. The maximum atomic E-state index is 10.9. The first-order chi connectivity index (χ1) is 8.08. The number of hydrogen-bond acceptors (Lipinski definition) is 4. The van der Waals surface area contributed by atoms with Crippen LogP contribution in [0.25, 0.3) is 0 Å². The van der Waals surface area contributed by atoms with Crippen molar-refractivity contribution in [1.29, 1.82) is 0 Å². The Bertz CT molecular complexity index is 573. The van der Waals surface area contributed by atoms with Gasteiger partial charge in [-0.1, -0.05) is 0 Å². The Morgan fingerprint density at radius 1 is 1.53 bits per heavy atom. The third kappa shape index (κ3) is 2.96. The number of nitrogens with zero attached hydrogens (tertiary/aromatic N) is 1. The van der Waals surface area contributed by atoms with Gasteiger partial charge < -0.3 is 10.4 Å². The maximum absolute atomic E-state index is 10.9. The van der Waals surface area contributed by atoms with Crippen LogP contribution in [0.5, 0.6) is 0 Å². The summed E-state index contributed by atoms with van der Waals surface area (Å²) in [4.78, 5) is 14.7. The number of aromatic nitrogens is 1. The SMILES string of the molecule is O=C(O)c1ncsc1Nc1ccc(Br)c(I)c1. The molecule has 88 valence electrons. The minimum Gasteiger partial charge on any atom is -0.476 e. The molecule has 0 saturated carbocycles. The summed E-state index contributed by atoms with van der Waals surface area (Å²) >= 11 is 6.87. The van der Waals surface area contributed by atoms with Gasteiger partial charge in [-0.15, -0.1) is 11.3 Å². The normalized spacial score (nSPS) is 10.2. The van der Waals surface area contributed by atoms with Crippen LogP contribution < -0.4 is 5.32 Å². The fourth-order valence-corrected chi connectivity index (χ4v) is 2.65. The highest BCUT2D eigenvalue weighted by atomic mass is 127. The van der Waals surface area contributed by atoms with E-state index in [4.69, 9.17) is 5.11 Å². The quantitative estimate of drug-likeness (QED) is 0.732. The van der Waals surface area contributed by atoms with Gasteiger partial charge in [-0.25, -0.2) is 9.78 Å². The van der Waals surface area contributed by atoms with Crippen LogP contribution in [0.15, 0.2) is 28.2 Å². The lowest BCUT2D eigenvalue weighted by Crippen LogP contribution is -2.01. The van der Waals surface area contributed by atoms with Gasteiger partial charge in [-0.2, -0.15) is 0 Å². The van der Waals surface area contributed by atoms with Crippen molar-refractivity contribution >= 4 is 66.5 Å².